The Balaban J connectivity index is 1.93. The summed E-state index contributed by atoms with van der Waals surface area (Å²) in [6.07, 6.45) is 0. The van der Waals surface area contributed by atoms with Crippen LogP contribution in [-0.2, 0) is 0 Å². The predicted octanol–water partition coefficient (Wildman–Crippen LogP) is 4.65. The minimum atomic E-state index is -0.484. The molecule has 132 valence electrons. The van der Waals surface area contributed by atoms with Crippen LogP contribution in [0.2, 0.25) is 10.0 Å². The number of hydrogen-bond acceptors (Lipinski definition) is 4. The average Bonchev–Trinajstić information content (AvgIpc) is 2.97. The van der Waals surface area contributed by atoms with Gasteiger partial charge in [0.25, 0.3) is 11.6 Å². The number of non-ortho nitro benzene ring substituents is 1. The Labute approximate surface area is 158 Å². The van der Waals surface area contributed by atoms with Gasteiger partial charge in [0.1, 0.15) is 5.82 Å². The normalized spacial score (nSPS) is 10.6. The molecule has 0 bridgehead atoms. The highest BCUT2D eigenvalue weighted by Gasteiger charge is 2.16. The molecule has 0 unspecified atom stereocenters. The van der Waals surface area contributed by atoms with E-state index in [9.17, 15) is 14.9 Å². The van der Waals surface area contributed by atoms with Gasteiger partial charge in [-0.05, 0) is 37.3 Å². The maximum atomic E-state index is 12.5. The molecule has 0 radical (unpaired) electrons. The van der Waals surface area contributed by atoms with Crippen LogP contribution in [-0.4, -0.2) is 20.6 Å². The second-order valence-electron chi connectivity index (χ2n) is 5.43. The van der Waals surface area contributed by atoms with Gasteiger partial charge in [0.2, 0.25) is 0 Å². The van der Waals surface area contributed by atoms with E-state index in [2.05, 4.69) is 10.4 Å². The van der Waals surface area contributed by atoms with E-state index in [1.165, 1.54) is 28.9 Å². The Hall–Kier alpha value is -2.90. The molecule has 3 aromatic rings. The highest BCUT2D eigenvalue weighted by molar-refractivity contribution is 6.36. The molecule has 26 heavy (non-hydrogen) atoms. The molecule has 0 atom stereocenters. The van der Waals surface area contributed by atoms with E-state index in [0.29, 0.717) is 22.2 Å². The van der Waals surface area contributed by atoms with Crippen molar-refractivity contribution in [2.45, 2.75) is 6.92 Å². The first kappa shape index (κ1) is 17.9. The molecule has 0 spiro atoms. The number of amides is 1. The van der Waals surface area contributed by atoms with Crippen LogP contribution in [0.4, 0.5) is 11.5 Å². The van der Waals surface area contributed by atoms with Crippen molar-refractivity contribution in [1.29, 1.82) is 0 Å². The van der Waals surface area contributed by atoms with Crippen LogP contribution >= 0.6 is 23.2 Å². The minimum absolute atomic E-state index is 0.0334. The molecular formula is C17H12Cl2N4O3. The van der Waals surface area contributed by atoms with E-state index in [0.717, 1.165) is 0 Å². The van der Waals surface area contributed by atoms with Crippen molar-refractivity contribution >= 4 is 40.6 Å². The summed E-state index contributed by atoms with van der Waals surface area (Å²) in [6, 6.07) is 12.1. The number of nitrogens with one attached hydrogen (secondary N) is 1. The standard InChI is InChI=1S/C17H12Cl2N4O3/c1-10-8-16(20-17(24)14-9-11(18)2-7-15(14)19)22(21-10)12-3-5-13(6-4-12)23(25)26/h2-9H,1H3,(H,20,24). The van der Waals surface area contributed by atoms with E-state index in [1.54, 1.807) is 31.2 Å². The summed E-state index contributed by atoms with van der Waals surface area (Å²) in [5, 5.41) is 18.5. The van der Waals surface area contributed by atoms with Crippen LogP contribution in [0.5, 0.6) is 0 Å². The fraction of sp³-hybridized carbons (Fsp3) is 0.0588. The molecule has 0 aliphatic heterocycles. The van der Waals surface area contributed by atoms with Crippen LogP contribution in [0.3, 0.4) is 0 Å². The van der Waals surface area contributed by atoms with Gasteiger partial charge in [-0.2, -0.15) is 5.10 Å². The van der Waals surface area contributed by atoms with E-state index >= 15 is 0 Å². The molecule has 0 saturated carbocycles. The largest absolute Gasteiger partial charge is 0.306 e. The van der Waals surface area contributed by atoms with Crippen molar-refractivity contribution in [2.24, 2.45) is 0 Å². The minimum Gasteiger partial charge on any atom is -0.306 e. The Kier molecular flexibility index (Phi) is 4.92. The zero-order chi connectivity index (χ0) is 18.8. The predicted molar refractivity (Wildman–Crippen MR) is 99.4 cm³/mol. The van der Waals surface area contributed by atoms with E-state index < -0.39 is 10.8 Å². The van der Waals surface area contributed by atoms with Crippen LogP contribution in [0.15, 0.2) is 48.5 Å². The summed E-state index contributed by atoms with van der Waals surface area (Å²) in [4.78, 5) is 22.8. The number of halogens is 2. The van der Waals surface area contributed by atoms with E-state index in [-0.39, 0.29) is 16.3 Å². The van der Waals surface area contributed by atoms with Crippen molar-refractivity contribution < 1.29 is 9.72 Å². The fourth-order valence-electron chi connectivity index (χ4n) is 2.36. The van der Waals surface area contributed by atoms with Gasteiger partial charge in [-0.1, -0.05) is 23.2 Å². The number of hydrogen-bond donors (Lipinski definition) is 1. The van der Waals surface area contributed by atoms with Gasteiger partial charge in [0.15, 0.2) is 0 Å². The number of nitro groups is 1. The summed E-state index contributed by atoms with van der Waals surface area (Å²) in [5.41, 5.74) is 1.43. The Morgan fingerprint density at radius 2 is 1.85 bits per heavy atom. The molecule has 7 nitrogen and oxygen atoms in total. The smallest absolute Gasteiger partial charge is 0.269 e. The number of nitrogens with zero attached hydrogens (tertiary/aromatic N) is 3. The first-order valence-corrected chi connectivity index (χ1v) is 8.18. The number of carbonyl (C=O) groups excluding carboxylic acids is 1. The van der Waals surface area contributed by atoms with E-state index in [1.807, 2.05) is 0 Å². The molecule has 0 fully saturated rings. The second kappa shape index (κ2) is 7.15. The van der Waals surface area contributed by atoms with Gasteiger partial charge in [-0.3, -0.25) is 14.9 Å². The average molecular weight is 391 g/mol. The number of benzene rings is 2. The highest BCUT2D eigenvalue weighted by atomic mass is 35.5. The topological polar surface area (TPSA) is 90.1 Å². The summed E-state index contributed by atoms with van der Waals surface area (Å²) >= 11 is 12.0. The molecule has 2 aromatic carbocycles. The van der Waals surface area contributed by atoms with Crippen molar-refractivity contribution in [3.63, 3.8) is 0 Å². The lowest BCUT2D eigenvalue weighted by molar-refractivity contribution is -0.384. The number of aromatic nitrogens is 2. The van der Waals surface area contributed by atoms with E-state index in [4.69, 9.17) is 23.2 Å². The zero-order valence-electron chi connectivity index (χ0n) is 13.4. The first-order valence-electron chi connectivity index (χ1n) is 7.43. The maximum absolute atomic E-state index is 12.5. The lowest BCUT2D eigenvalue weighted by atomic mass is 10.2. The van der Waals surface area contributed by atoms with Crippen molar-refractivity contribution in [3.8, 4) is 5.69 Å². The molecule has 0 saturated heterocycles. The maximum Gasteiger partial charge on any atom is 0.269 e. The van der Waals surface area contributed by atoms with Crippen LogP contribution in [0, 0.1) is 17.0 Å². The summed E-state index contributed by atoms with van der Waals surface area (Å²) in [5.74, 6) is -0.0436. The molecule has 3 rings (SSSR count). The van der Waals surface area contributed by atoms with Gasteiger partial charge in [-0.15, -0.1) is 0 Å². The Morgan fingerprint density at radius 3 is 2.50 bits per heavy atom. The molecule has 0 aliphatic carbocycles. The summed E-state index contributed by atoms with van der Waals surface area (Å²) in [7, 11) is 0. The third kappa shape index (κ3) is 3.68. The highest BCUT2D eigenvalue weighted by Crippen LogP contribution is 2.24. The number of nitro benzene ring substituents is 1. The third-order valence-corrected chi connectivity index (χ3v) is 4.12. The molecule has 1 amide bonds. The zero-order valence-corrected chi connectivity index (χ0v) is 15.0. The van der Waals surface area contributed by atoms with Crippen LogP contribution in [0.25, 0.3) is 5.69 Å². The van der Waals surface area contributed by atoms with Gasteiger partial charge in [0.05, 0.1) is 26.9 Å². The summed E-state index contributed by atoms with van der Waals surface area (Å²) in [6.45, 7) is 1.77. The van der Waals surface area contributed by atoms with Crippen LogP contribution < -0.4 is 5.32 Å². The molecular weight excluding hydrogens is 379 g/mol. The lowest BCUT2D eigenvalue weighted by Gasteiger charge is -2.10. The first-order chi connectivity index (χ1) is 12.3. The summed E-state index contributed by atoms with van der Waals surface area (Å²) < 4.78 is 1.48. The van der Waals surface area contributed by atoms with Gasteiger partial charge in [-0.25, -0.2) is 4.68 Å². The monoisotopic (exact) mass is 390 g/mol. The molecule has 1 heterocycles. The lowest BCUT2D eigenvalue weighted by Crippen LogP contribution is -2.15. The quantitative estimate of drug-likeness (QED) is 0.518. The molecule has 1 aromatic heterocycles. The number of rotatable bonds is 4. The molecule has 0 aliphatic rings. The number of carbonyl (C=O) groups is 1. The number of aryl methyl sites for hydroxylation is 1. The number of anilines is 1. The van der Waals surface area contributed by atoms with Gasteiger partial charge < -0.3 is 5.32 Å². The Morgan fingerprint density at radius 1 is 1.15 bits per heavy atom. The molecule has 9 heteroatoms. The SMILES string of the molecule is Cc1cc(NC(=O)c2cc(Cl)ccc2Cl)n(-c2ccc([N+](=O)[O-])cc2)n1. The molecule has 1 N–H and O–H groups in total. The van der Waals surface area contributed by atoms with Gasteiger partial charge in [0, 0.05) is 23.2 Å². The Bertz CT molecular complexity index is 1000. The van der Waals surface area contributed by atoms with Crippen molar-refractivity contribution in [2.75, 3.05) is 5.32 Å². The van der Waals surface area contributed by atoms with Crippen molar-refractivity contribution in [1.82, 2.24) is 9.78 Å². The van der Waals surface area contributed by atoms with Crippen molar-refractivity contribution in [3.05, 3.63) is 79.9 Å². The second-order valence-corrected chi connectivity index (χ2v) is 6.28. The van der Waals surface area contributed by atoms with Crippen LogP contribution in [0.1, 0.15) is 16.1 Å². The fourth-order valence-corrected chi connectivity index (χ4v) is 2.73. The third-order valence-electron chi connectivity index (χ3n) is 3.55. The van der Waals surface area contributed by atoms with Gasteiger partial charge >= 0.3 is 0 Å².